The van der Waals surface area contributed by atoms with Crippen molar-refractivity contribution in [3.05, 3.63) is 107 Å². The molecule has 1 aliphatic heterocycles. The molecule has 4 aromatic rings. The van der Waals surface area contributed by atoms with Gasteiger partial charge in [-0.3, -0.25) is 0 Å². The summed E-state index contributed by atoms with van der Waals surface area (Å²) >= 11 is 1.54. The maximum absolute atomic E-state index is 9.85. The smallest absolute Gasteiger partial charge is 0.229 e. The number of benzene rings is 2. The van der Waals surface area contributed by atoms with E-state index in [0.717, 1.165) is 21.6 Å². The number of nitrogens with zero attached hydrogens (tertiary/aromatic N) is 5. The van der Waals surface area contributed by atoms with Crippen molar-refractivity contribution in [3.63, 3.8) is 0 Å². The van der Waals surface area contributed by atoms with Gasteiger partial charge in [-0.15, -0.1) is 11.3 Å². The van der Waals surface area contributed by atoms with Crippen LogP contribution in [-0.2, 0) is 6.42 Å². The van der Waals surface area contributed by atoms with Gasteiger partial charge in [0.2, 0.25) is 5.95 Å². The molecule has 2 aromatic carbocycles. The van der Waals surface area contributed by atoms with Gasteiger partial charge in [0.1, 0.15) is 10.9 Å². The molecule has 6 heteroatoms. The Morgan fingerprint density at radius 2 is 1.87 bits per heavy atom. The van der Waals surface area contributed by atoms with Gasteiger partial charge in [-0.1, -0.05) is 48.5 Å². The summed E-state index contributed by atoms with van der Waals surface area (Å²) in [5, 5.41) is 10.6. The molecule has 31 heavy (non-hydrogen) atoms. The van der Waals surface area contributed by atoms with Crippen LogP contribution in [0.15, 0.2) is 90.8 Å². The number of para-hydroxylation sites is 1. The van der Waals surface area contributed by atoms with Gasteiger partial charge in [-0.2, -0.15) is 5.26 Å². The van der Waals surface area contributed by atoms with Gasteiger partial charge in [0.05, 0.1) is 22.0 Å². The Balaban J connectivity index is 1.35. The van der Waals surface area contributed by atoms with Gasteiger partial charge >= 0.3 is 0 Å². The predicted molar refractivity (Wildman–Crippen MR) is 124 cm³/mol. The molecule has 0 N–H and O–H groups in total. The standard InChI is InChI=1S/C25H19N5S/c26-17-20(24-28-22-8-4-5-9-23(22)31-24)21-10-13-27-25(29-21)30-14-11-19(12-15-30)16-18-6-2-1-3-7-18/h1-14,20H,15-16H2. The minimum Gasteiger partial charge on any atom is -0.313 e. The molecule has 1 unspecified atom stereocenters. The first-order chi connectivity index (χ1) is 15.3. The van der Waals surface area contributed by atoms with Gasteiger partial charge in [0, 0.05) is 18.9 Å². The topological polar surface area (TPSA) is 65.7 Å². The lowest BCUT2D eigenvalue weighted by molar-refractivity contribution is 0.893. The van der Waals surface area contributed by atoms with Crippen LogP contribution in [0.1, 0.15) is 22.2 Å². The van der Waals surface area contributed by atoms with E-state index in [1.807, 2.05) is 41.4 Å². The molecule has 0 aliphatic carbocycles. The number of rotatable bonds is 5. The predicted octanol–water partition coefficient (Wildman–Crippen LogP) is 5.24. The van der Waals surface area contributed by atoms with E-state index in [1.54, 1.807) is 12.3 Å². The van der Waals surface area contributed by atoms with E-state index in [2.05, 4.69) is 52.5 Å². The molecule has 0 amide bonds. The Morgan fingerprint density at radius 1 is 1.03 bits per heavy atom. The van der Waals surface area contributed by atoms with Crippen molar-refractivity contribution in [2.24, 2.45) is 0 Å². The SMILES string of the molecule is N#CC(c1ccnc(N2C=CC(Cc3ccccc3)=CC2)n1)c1nc2ccccc2s1. The van der Waals surface area contributed by atoms with Crippen LogP contribution in [0.5, 0.6) is 0 Å². The van der Waals surface area contributed by atoms with Gasteiger partial charge in [0.15, 0.2) is 0 Å². The molecule has 0 fully saturated rings. The van der Waals surface area contributed by atoms with Crippen LogP contribution in [0, 0.1) is 11.3 Å². The molecular weight excluding hydrogens is 402 g/mol. The third-order valence-electron chi connectivity index (χ3n) is 5.17. The Bertz CT molecular complexity index is 1280. The Morgan fingerprint density at radius 3 is 2.65 bits per heavy atom. The zero-order valence-electron chi connectivity index (χ0n) is 16.7. The highest BCUT2D eigenvalue weighted by Crippen LogP contribution is 2.31. The second-order valence-electron chi connectivity index (χ2n) is 7.27. The monoisotopic (exact) mass is 421 g/mol. The number of allylic oxidation sites excluding steroid dienone is 2. The lowest BCUT2D eigenvalue weighted by Crippen LogP contribution is -2.22. The van der Waals surface area contributed by atoms with Gasteiger partial charge in [-0.05, 0) is 41.8 Å². The molecule has 0 radical (unpaired) electrons. The molecular formula is C25H19N5S. The first-order valence-electron chi connectivity index (χ1n) is 10.1. The number of thiazole rings is 1. The summed E-state index contributed by atoms with van der Waals surface area (Å²) in [6, 6.07) is 22.5. The summed E-state index contributed by atoms with van der Waals surface area (Å²) in [5.41, 5.74) is 4.13. The van der Waals surface area contributed by atoms with Crippen LogP contribution < -0.4 is 4.90 Å². The van der Waals surface area contributed by atoms with E-state index in [4.69, 9.17) is 4.98 Å². The van der Waals surface area contributed by atoms with E-state index < -0.39 is 5.92 Å². The average molecular weight is 422 g/mol. The normalized spacial score (nSPS) is 14.3. The van der Waals surface area contributed by atoms with Crippen molar-refractivity contribution in [2.45, 2.75) is 12.3 Å². The molecule has 5 rings (SSSR count). The maximum atomic E-state index is 9.85. The summed E-state index contributed by atoms with van der Waals surface area (Å²) in [7, 11) is 0. The Kier molecular flexibility index (Phi) is 5.26. The van der Waals surface area contributed by atoms with Crippen molar-refractivity contribution < 1.29 is 0 Å². The fraction of sp³-hybridized carbons (Fsp3) is 0.120. The fourth-order valence-corrected chi connectivity index (χ4v) is 4.59. The molecule has 0 saturated heterocycles. The van der Waals surface area contributed by atoms with E-state index in [1.165, 1.54) is 22.5 Å². The molecule has 2 aromatic heterocycles. The average Bonchev–Trinajstić information content (AvgIpc) is 3.25. The summed E-state index contributed by atoms with van der Waals surface area (Å²) in [6.45, 7) is 0.695. The van der Waals surface area contributed by atoms with Gasteiger partial charge in [0.25, 0.3) is 0 Å². The number of nitriles is 1. The number of hydrogen-bond donors (Lipinski definition) is 0. The maximum Gasteiger partial charge on any atom is 0.229 e. The zero-order valence-corrected chi connectivity index (χ0v) is 17.5. The van der Waals surface area contributed by atoms with Crippen molar-refractivity contribution in [3.8, 4) is 6.07 Å². The van der Waals surface area contributed by atoms with Crippen LogP contribution in [0.4, 0.5) is 5.95 Å². The summed E-state index contributed by atoms with van der Waals surface area (Å²) < 4.78 is 1.07. The number of hydrogen-bond acceptors (Lipinski definition) is 6. The summed E-state index contributed by atoms with van der Waals surface area (Å²) in [6.07, 6.45) is 8.92. The molecule has 150 valence electrons. The molecule has 3 heterocycles. The Hall–Kier alpha value is -3.82. The largest absolute Gasteiger partial charge is 0.313 e. The van der Waals surface area contributed by atoms with Crippen LogP contribution in [0.3, 0.4) is 0 Å². The van der Waals surface area contributed by atoms with Crippen LogP contribution in [0.2, 0.25) is 0 Å². The fourth-order valence-electron chi connectivity index (χ4n) is 3.56. The van der Waals surface area contributed by atoms with Crippen molar-refractivity contribution >= 4 is 27.5 Å². The zero-order chi connectivity index (χ0) is 21.0. The van der Waals surface area contributed by atoms with Crippen molar-refractivity contribution in [1.82, 2.24) is 15.0 Å². The van der Waals surface area contributed by atoms with Gasteiger partial charge in [-0.25, -0.2) is 15.0 Å². The first kappa shape index (κ1) is 19.2. The quantitative estimate of drug-likeness (QED) is 0.441. The molecule has 1 aliphatic rings. The molecule has 0 spiro atoms. The Labute approximate surface area is 184 Å². The molecule has 0 bridgehead atoms. The molecule has 1 atom stereocenters. The van der Waals surface area contributed by atoms with Crippen LogP contribution in [-0.4, -0.2) is 21.5 Å². The van der Waals surface area contributed by atoms with E-state index in [0.29, 0.717) is 18.2 Å². The second kappa shape index (κ2) is 8.50. The van der Waals surface area contributed by atoms with Crippen molar-refractivity contribution in [1.29, 1.82) is 5.26 Å². The molecule has 0 saturated carbocycles. The van der Waals surface area contributed by atoms with Crippen molar-refractivity contribution in [2.75, 3.05) is 11.4 Å². The second-order valence-corrected chi connectivity index (χ2v) is 8.34. The van der Waals surface area contributed by atoms with Crippen LogP contribution in [0.25, 0.3) is 10.2 Å². The van der Waals surface area contributed by atoms with E-state index >= 15 is 0 Å². The minimum atomic E-state index is -0.517. The lowest BCUT2D eigenvalue weighted by atomic mass is 10.0. The summed E-state index contributed by atoms with van der Waals surface area (Å²) in [5.74, 6) is 0.0715. The minimum absolute atomic E-state index is 0.517. The highest BCUT2D eigenvalue weighted by atomic mass is 32.1. The highest BCUT2D eigenvalue weighted by Gasteiger charge is 2.21. The van der Waals surface area contributed by atoms with Gasteiger partial charge < -0.3 is 4.90 Å². The molecule has 5 nitrogen and oxygen atoms in total. The highest BCUT2D eigenvalue weighted by molar-refractivity contribution is 7.18. The third-order valence-corrected chi connectivity index (χ3v) is 6.27. The lowest BCUT2D eigenvalue weighted by Gasteiger charge is -2.21. The van der Waals surface area contributed by atoms with E-state index in [9.17, 15) is 5.26 Å². The van der Waals surface area contributed by atoms with E-state index in [-0.39, 0.29) is 0 Å². The number of fused-ring (bicyclic) bond motifs is 1. The van der Waals surface area contributed by atoms with Crippen LogP contribution >= 0.6 is 11.3 Å². The number of aromatic nitrogens is 3. The summed E-state index contributed by atoms with van der Waals surface area (Å²) in [4.78, 5) is 15.8. The number of anilines is 1. The first-order valence-corrected chi connectivity index (χ1v) is 10.9. The third kappa shape index (κ3) is 4.09.